The molecule has 0 N–H and O–H groups in total. The zero-order chi connectivity index (χ0) is 24.4. The van der Waals surface area contributed by atoms with Crippen molar-refractivity contribution in [3.63, 3.8) is 0 Å². The predicted octanol–water partition coefficient (Wildman–Crippen LogP) is 4.90. The Kier molecular flexibility index (Phi) is 6.40. The van der Waals surface area contributed by atoms with E-state index in [1.54, 1.807) is 11.3 Å². The number of carbonyl (C=O) groups excluding carboxylic acids is 1. The topological polar surface area (TPSA) is 78.0 Å². The van der Waals surface area contributed by atoms with E-state index in [9.17, 15) is 10.1 Å². The zero-order valence-electron chi connectivity index (χ0n) is 19.3. The van der Waals surface area contributed by atoms with Crippen LogP contribution in [0, 0.1) is 11.3 Å². The highest BCUT2D eigenvalue weighted by Crippen LogP contribution is 2.40. The molecule has 0 fully saturated rings. The number of Topliss-reactive ketones (excluding diaryl/α,β-unsaturated/α-hetero) is 1. The maximum atomic E-state index is 13.3. The number of anilines is 2. The van der Waals surface area contributed by atoms with E-state index in [2.05, 4.69) is 22.3 Å². The molecular formula is C26H22N6OS2. The minimum Gasteiger partial charge on any atom is -0.328 e. The van der Waals surface area contributed by atoms with Crippen LogP contribution in [0.15, 0.2) is 88.7 Å². The van der Waals surface area contributed by atoms with Crippen LogP contribution < -0.4 is 9.80 Å². The second kappa shape index (κ2) is 9.78. The second-order valence-electron chi connectivity index (χ2n) is 7.95. The van der Waals surface area contributed by atoms with Crippen molar-refractivity contribution >= 4 is 40.3 Å². The normalized spacial score (nSPS) is 12.5. The summed E-state index contributed by atoms with van der Waals surface area (Å²) in [5.41, 5.74) is 2.98. The molecule has 0 saturated heterocycles. The number of allylic oxidation sites excluding steroid dienone is 1. The van der Waals surface area contributed by atoms with Crippen LogP contribution in [0.1, 0.15) is 10.7 Å². The Hall–Kier alpha value is -3.87. The first-order chi connectivity index (χ1) is 17.1. The van der Waals surface area contributed by atoms with Crippen LogP contribution in [-0.4, -0.2) is 40.4 Å². The monoisotopic (exact) mass is 498 g/mol. The van der Waals surface area contributed by atoms with E-state index in [1.807, 2.05) is 94.5 Å². The Morgan fingerprint density at radius 3 is 2.29 bits per heavy atom. The van der Waals surface area contributed by atoms with Gasteiger partial charge in [0.15, 0.2) is 10.9 Å². The molecular weight excluding hydrogens is 476 g/mol. The highest BCUT2D eigenvalue weighted by atomic mass is 32.2. The fourth-order valence-corrected chi connectivity index (χ4v) is 5.72. The molecule has 5 rings (SSSR count). The number of benzene rings is 2. The Morgan fingerprint density at radius 1 is 0.971 bits per heavy atom. The van der Waals surface area contributed by atoms with Gasteiger partial charge in [-0.1, -0.05) is 48.2 Å². The standard InChI is InChI=1S/C26H22N6OS2/c1-30-21-12-6-7-13-22(21)31(2)25(30)20(16-27)23(33)17-35-26-29-28-24(15-19-11-8-14-34-19)32(26)18-9-4-3-5-10-18/h3-14H,15,17H2,1-2H3. The van der Waals surface area contributed by atoms with Gasteiger partial charge in [-0.25, -0.2) is 0 Å². The molecule has 3 heterocycles. The molecule has 0 radical (unpaired) electrons. The number of nitriles is 1. The summed E-state index contributed by atoms with van der Waals surface area (Å²) in [5, 5.41) is 21.4. The molecule has 174 valence electrons. The number of hydrogen-bond donors (Lipinski definition) is 0. The average Bonchev–Trinajstić information content (AvgIpc) is 3.60. The summed E-state index contributed by atoms with van der Waals surface area (Å²) in [4.78, 5) is 18.2. The molecule has 0 unspecified atom stereocenters. The summed E-state index contributed by atoms with van der Waals surface area (Å²) in [5.74, 6) is 1.22. The third-order valence-corrected chi connectivity index (χ3v) is 7.62. The minimum absolute atomic E-state index is 0.0778. The van der Waals surface area contributed by atoms with Crippen molar-refractivity contribution < 1.29 is 4.79 Å². The molecule has 0 atom stereocenters. The van der Waals surface area contributed by atoms with E-state index in [4.69, 9.17) is 0 Å². The van der Waals surface area contributed by atoms with Crippen LogP contribution in [0.5, 0.6) is 0 Å². The third kappa shape index (κ3) is 4.34. The first kappa shape index (κ1) is 22.9. The number of aromatic nitrogens is 3. The van der Waals surface area contributed by atoms with Crippen LogP contribution in [0.25, 0.3) is 5.69 Å². The van der Waals surface area contributed by atoms with Crippen molar-refractivity contribution in [3.05, 3.63) is 94.2 Å². The lowest BCUT2D eigenvalue weighted by Gasteiger charge is -2.19. The van der Waals surface area contributed by atoms with Crippen molar-refractivity contribution in [1.29, 1.82) is 5.26 Å². The summed E-state index contributed by atoms with van der Waals surface area (Å²) >= 11 is 2.97. The van der Waals surface area contributed by atoms with Gasteiger partial charge in [-0.3, -0.25) is 9.36 Å². The Balaban J connectivity index is 1.42. The molecule has 0 aliphatic carbocycles. The largest absolute Gasteiger partial charge is 0.328 e. The van der Waals surface area contributed by atoms with Crippen molar-refractivity contribution in [2.75, 3.05) is 29.6 Å². The Bertz CT molecular complexity index is 1410. The summed E-state index contributed by atoms with van der Waals surface area (Å²) in [6.07, 6.45) is 0.648. The lowest BCUT2D eigenvalue weighted by Crippen LogP contribution is -2.26. The third-order valence-electron chi connectivity index (χ3n) is 5.81. The fraction of sp³-hybridized carbons (Fsp3) is 0.154. The molecule has 1 aliphatic rings. The molecule has 1 aliphatic heterocycles. The smallest absolute Gasteiger partial charge is 0.196 e. The number of rotatable bonds is 7. The van der Waals surface area contributed by atoms with Gasteiger partial charge in [-0.05, 0) is 35.7 Å². The lowest BCUT2D eigenvalue weighted by molar-refractivity contribution is -0.112. The number of hydrogen-bond acceptors (Lipinski definition) is 8. The summed E-state index contributed by atoms with van der Waals surface area (Å²) in [7, 11) is 3.75. The van der Waals surface area contributed by atoms with E-state index in [0.717, 1.165) is 22.9 Å². The van der Waals surface area contributed by atoms with Crippen LogP contribution in [-0.2, 0) is 11.2 Å². The van der Waals surface area contributed by atoms with Gasteiger partial charge < -0.3 is 9.80 Å². The SMILES string of the molecule is CN1C(=C(C#N)C(=O)CSc2nnc(Cc3cccs3)n2-c2ccccc2)N(C)c2ccccc21. The van der Waals surface area contributed by atoms with Gasteiger partial charge in [0.1, 0.15) is 23.3 Å². The molecule has 9 heteroatoms. The van der Waals surface area contributed by atoms with Crippen LogP contribution in [0.2, 0.25) is 0 Å². The number of ketones is 1. The van der Waals surface area contributed by atoms with Crippen molar-refractivity contribution in [2.24, 2.45) is 0 Å². The van der Waals surface area contributed by atoms with Gasteiger partial charge in [0.2, 0.25) is 0 Å². The number of nitrogens with zero attached hydrogens (tertiary/aromatic N) is 6. The fourth-order valence-electron chi connectivity index (χ4n) is 4.17. The van der Waals surface area contributed by atoms with Gasteiger partial charge in [0.25, 0.3) is 0 Å². The van der Waals surface area contributed by atoms with E-state index in [-0.39, 0.29) is 17.1 Å². The van der Waals surface area contributed by atoms with Gasteiger partial charge >= 0.3 is 0 Å². The number of para-hydroxylation sites is 3. The number of thioether (sulfide) groups is 1. The number of carbonyl (C=O) groups is 1. The lowest BCUT2D eigenvalue weighted by atomic mass is 10.2. The first-order valence-corrected chi connectivity index (χ1v) is 12.8. The summed E-state index contributed by atoms with van der Waals surface area (Å²) < 4.78 is 1.99. The average molecular weight is 499 g/mol. The van der Waals surface area contributed by atoms with Crippen molar-refractivity contribution in [3.8, 4) is 11.8 Å². The van der Waals surface area contributed by atoms with E-state index < -0.39 is 0 Å². The maximum Gasteiger partial charge on any atom is 0.196 e. The van der Waals surface area contributed by atoms with Crippen LogP contribution in [0.4, 0.5) is 11.4 Å². The minimum atomic E-state index is -0.249. The van der Waals surface area contributed by atoms with Crippen molar-refractivity contribution in [2.45, 2.75) is 11.6 Å². The maximum absolute atomic E-state index is 13.3. The molecule has 2 aromatic carbocycles. The van der Waals surface area contributed by atoms with Gasteiger partial charge in [-0.15, -0.1) is 21.5 Å². The first-order valence-electron chi connectivity index (χ1n) is 11.0. The molecule has 2 aromatic heterocycles. The van der Waals surface area contributed by atoms with Gasteiger partial charge in [0, 0.05) is 31.1 Å². The van der Waals surface area contributed by atoms with Crippen LogP contribution >= 0.6 is 23.1 Å². The van der Waals surface area contributed by atoms with E-state index >= 15 is 0 Å². The van der Waals surface area contributed by atoms with Crippen LogP contribution in [0.3, 0.4) is 0 Å². The highest BCUT2D eigenvalue weighted by molar-refractivity contribution is 7.99. The molecule has 0 saturated carbocycles. The second-order valence-corrected chi connectivity index (χ2v) is 9.93. The molecule has 0 bridgehead atoms. The predicted molar refractivity (Wildman–Crippen MR) is 140 cm³/mol. The van der Waals surface area contributed by atoms with Gasteiger partial charge in [0.05, 0.1) is 17.1 Å². The van der Waals surface area contributed by atoms with Crippen molar-refractivity contribution in [1.82, 2.24) is 14.8 Å². The number of fused-ring (bicyclic) bond motifs is 1. The molecule has 35 heavy (non-hydrogen) atoms. The highest BCUT2D eigenvalue weighted by Gasteiger charge is 2.31. The molecule has 4 aromatic rings. The molecule has 7 nitrogen and oxygen atoms in total. The van der Waals surface area contributed by atoms with Gasteiger partial charge in [-0.2, -0.15) is 5.26 Å². The quantitative estimate of drug-likeness (QED) is 0.204. The summed E-state index contributed by atoms with van der Waals surface area (Å²) in [6, 6.07) is 24.0. The zero-order valence-corrected chi connectivity index (χ0v) is 20.9. The van der Waals surface area contributed by atoms with E-state index in [1.165, 1.54) is 16.6 Å². The number of thiophene rings is 1. The Labute approximate surface area is 211 Å². The molecule has 0 amide bonds. The summed E-state index contributed by atoms with van der Waals surface area (Å²) in [6.45, 7) is 0. The Morgan fingerprint density at radius 2 is 1.66 bits per heavy atom. The van der Waals surface area contributed by atoms with E-state index in [0.29, 0.717) is 17.4 Å². The molecule has 0 spiro atoms.